The maximum Gasteiger partial charge on any atom is 0.220 e. The zero-order valence-electron chi connectivity index (χ0n) is 13.0. The van der Waals surface area contributed by atoms with Crippen molar-refractivity contribution in [2.75, 3.05) is 19.5 Å². The number of ether oxygens (including phenoxy) is 2. The van der Waals surface area contributed by atoms with E-state index in [0.29, 0.717) is 12.6 Å². The molecule has 23 heavy (non-hydrogen) atoms. The van der Waals surface area contributed by atoms with E-state index in [0.717, 1.165) is 40.9 Å². The molecule has 0 spiro atoms. The van der Waals surface area contributed by atoms with Crippen molar-refractivity contribution < 1.29 is 9.47 Å². The van der Waals surface area contributed by atoms with E-state index >= 15 is 0 Å². The normalized spacial score (nSPS) is 10.7. The van der Waals surface area contributed by atoms with Crippen LogP contribution in [-0.2, 0) is 6.42 Å². The molecule has 3 rings (SSSR count). The van der Waals surface area contributed by atoms with Crippen molar-refractivity contribution in [3.05, 3.63) is 54.2 Å². The fraction of sp³-hybridized carbons (Fsp3) is 0.222. The predicted octanol–water partition coefficient (Wildman–Crippen LogP) is 3.23. The SMILES string of the molecule is COc1ccccc1OCCCc1nc(N)nc2ccccc12. The molecular weight excluding hydrogens is 290 g/mol. The minimum absolute atomic E-state index is 0.310. The van der Waals surface area contributed by atoms with E-state index in [1.54, 1.807) is 7.11 Å². The summed E-state index contributed by atoms with van der Waals surface area (Å²) in [4.78, 5) is 8.62. The monoisotopic (exact) mass is 309 g/mol. The van der Waals surface area contributed by atoms with Gasteiger partial charge in [-0.1, -0.05) is 30.3 Å². The number of aromatic nitrogens is 2. The van der Waals surface area contributed by atoms with Gasteiger partial charge >= 0.3 is 0 Å². The fourth-order valence-electron chi connectivity index (χ4n) is 2.51. The number of benzene rings is 2. The van der Waals surface area contributed by atoms with Gasteiger partial charge in [0.05, 0.1) is 24.9 Å². The summed E-state index contributed by atoms with van der Waals surface area (Å²) in [5, 5.41) is 1.04. The predicted molar refractivity (Wildman–Crippen MR) is 90.8 cm³/mol. The van der Waals surface area contributed by atoms with Crippen LogP contribution in [0.15, 0.2) is 48.5 Å². The van der Waals surface area contributed by atoms with Crippen LogP contribution in [0.2, 0.25) is 0 Å². The van der Waals surface area contributed by atoms with Crippen molar-refractivity contribution in [3.63, 3.8) is 0 Å². The summed E-state index contributed by atoms with van der Waals surface area (Å²) >= 11 is 0. The molecule has 0 unspecified atom stereocenters. The van der Waals surface area contributed by atoms with E-state index in [-0.39, 0.29) is 0 Å². The second-order valence-electron chi connectivity index (χ2n) is 5.15. The highest BCUT2D eigenvalue weighted by molar-refractivity contribution is 5.81. The summed E-state index contributed by atoms with van der Waals surface area (Å²) in [6.07, 6.45) is 1.61. The third-order valence-electron chi connectivity index (χ3n) is 3.58. The molecule has 5 nitrogen and oxygen atoms in total. The Hall–Kier alpha value is -2.82. The first kappa shape index (κ1) is 15.1. The molecule has 2 aromatic carbocycles. The number of hydrogen-bond acceptors (Lipinski definition) is 5. The van der Waals surface area contributed by atoms with Gasteiger partial charge in [0.2, 0.25) is 5.95 Å². The van der Waals surface area contributed by atoms with Gasteiger partial charge in [-0.3, -0.25) is 0 Å². The summed E-state index contributed by atoms with van der Waals surface area (Å²) in [5.41, 5.74) is 7.62. The Kier molecular flexibility index (Phi) is 4.57. The molecule has 0 aliphatic rings. The van der Waals surface area contributed by atoms with Crippen molar-refractivity contribution >= 4 is 16.9 Å². The number of anilines is 1. The highest BCUT2D eigenvalue weighted by Gasteiger charge is 2.07. The number of hydrogen-bond donors (Lipinski definition) is 1. The van der Waals surface area contributed by atoms with Crippen molar-refractivity contribution in [1.29, 1.82) is 0 Å². The Balaban J connectivity index is 1.65. The molecule has 1 heterocycles. The highest BCUT2D eigenvalue weighted by atomic mass is 16.5. The van der Waals surface area contributed by atoms with Crippen molar-refractivity contribution in [3.8, 4) is 11.5 Å². The maximum atomic E-state index is 5.79. The van der Waals surface area contributed by atoms with Crippen LogP contribution in [0, 0.1) is 0 Å². The molecule has 118 valence electrons. The van der Waals surface area contributed by atoms with Crippen molar-refractivity contribution in [2.24, 2.45) is 0 Å². The second kappa shape index (κ2) is 6.96. The zero-order valence-corrected chi connectivity index (χ0v) is 13.0. The van der Waals surface area contributed by atoms with Crippen LogP contribution in [0.1, 0.15) is 12.1 Å². The molecule has 0 aliphatic heterocycles. The molecule has 0 bridgehead atoms. The van der Waals surface area contributed by atoms with E-state index in [4.69, 9.17) is 15.2 Å². The number of nitrogens with zero attached hydrogens (tertiary/aromatic N) is 2. The Bertz CT molecular complexity index is 805. The first-order chi connectivity index (χ1) is 11.3. The number of aryl methyl sites for hydroxylation is 1. The number of methoxy groups -OCH3 is 1. The average molecular weight is 309 g/mol. The second-order valence-corrected chi connectivity index (χ2v) is 5.15. The Morgan fingerprint density at radius 1 is 0.957 bits per heavy atom. The van der Waals surface area contributed by atoms with Gasteiger partial charge in [-0.2, -0.15) is 0 Å². The van der Waals surface area contributed by atoms with Crippen molar-refractivity contribution in [2.45, 2.75) is 12.8 Å². The molecule has 0 aliphatic carbocycles. The van der Waals surface area contributed by atoms with Crippen LogP contribution < -0.4 is 15.2 Å². The van der Waals surface area contributed by atoms with Gasteiger partial charge in [-0.25, -0.2) is 9.97 Å². The fourth-order valence-corrected chi connectivity index (χ4v) is 2.51. The lowest BCUT2D eigenvalue weighted by molar-refractivity contribution is 0.289. The van der Waals surface area contributed by atoms with Gasteiger partial charge in [-0.05, 0) is 31.0 Å². The first-order valence-corrected chi connectivity index (χ1v) is 7.55. The molecular formula is C18H19N3O2. The summed E-state index contributed by atoms with van der Waals surface area (Å²) in [6.45, 7) is 0.582. The van der Waals surface area contributed by atoms with Crippen LogP contribution in [0.3, 0.4) is 0 Å². The average Bonchev–Trinajstić information content (AvgIpc) is 2.58. The number of nitrogens with two attached hydrogens (primary N) is 1. The lowest BCUT2D eigenvalue weighted by atomic mass is 10.1. The summed E-state index contributed by atoms with van der Waals surface area (Å²) in [5.74, 6) is 1.80. The number of nitrogen functional groups attached to an aromatic ring is 1. The van der Waals surface area contributed by atoms with E-state index < -0.39 is 0 Å². The standard InChI is InChI=1S/C18H19N3O2/c1-22-16-10-4-5-11-17(16)23-12-6-9-15-13-7-2-3-8-14(13)20-18(19)21-15/h2-5,7-8,10-11H,6,9,12H2,1H3,(H2,19,20,21). The van der Waals surface area contributed by atoms with Crippen LogP contribution in [0.25, 0.3) is 10.9 Å². The van der Waals surface area contributed by atoms with E-state index in [1.165, 1.54) is 0 Å². The maximum absolute atomic E-state index is 5.79. The molecule has 2 N–H and O–H groups in total. The van der Waals surface area contributed by atoms with Crippen LogP contribution in [0.5, 0.6) is 11.5 Å². The summed E-state index contributed by atoms with van der Waals surface area (Å²) < 4.78 is 11.1. The van der Waals surface area contributed by atoms with Crippen LogP contribution in [0.4, 0.5) is 5.95 Å². The number of fused-ring (bicyclic) bond motifs is 1. The Morgan fingerprint density at radius 3 is 2.52 bits per heavy atom. The molecule has 0 saturated carbocycles. The smallest absolute Gasteiger partial charge is 0.220 e. The van der Waals surface area contributed by atoms with Gasteiger partial charge in [-0.15, -0.1) is 0 Å². The summed E-state index contributed by atoms with van der Waals surface area (Å²) in [7, 11) is 1.64. The first-order valence-electron chi connectivity index (χ1n) is 7.55. The molecule has 5 heteroatoms. The minimum atomic E-state index is 0.310. The summed E-state index contributed by atoms with van der Waals surface area (Å²) in [6, 6.07) is 15.5. The highest BCUT2D eigenvalue weighted by Crippen LogP contribution is 2.26. The third-order valence-corrected chi connectivity index (χ3v) is 3.58. The number of para-hydroxylation sites is 3. The lowest BCUT2D eigenvalue weighted by Crippen LogP contribution is -2.04. The molecule has 0 saturated heterocycles. The zero-order chi connectivity index (χ0) is 16.1. The minimum Gasteiger partial charge on any atom is -0.493 e. The topological polar surface area (TPSA) is 70.3 Å². The molecule has 0 radical (unpaired) electrons. The molecule has 0 amide bonds. The van der Waals surface area contributed by atoms with E-state index in [1.807, 2.05) is 48.5 Å². The van der Waals surface area contributed by atoms with Gasteiger partial charge in [0.1, 0.15) is 0 Å². The van der Waals surface area contributed by atoms with Gasteiger partial charge < -0.3 is 15.2 Å². The lowest BCUT2D eigenvalue weighted by Gasteiger charge is -2.10. The largest absolute Gasteiger partial charge is 0.493 e. The van der Waals surface area contributed by atoms with E-state index in [2.05, 4.69) is 9.97 Å². The Morgan fingerprint density at radius 2 is 1.70 bits per heavy atom. The molecule has 3 aromatic rings. The van der Waals surface area contributed by atoms with Gasteiger partial charge in [0, 0.05) is 5.39 Å². The van der Waals surface area contributed by atoms with Crippen LogP contribution >= 0.6 is 0 Å². The Labute approximate surface area is 135 Å². The quantitative estimate of drug-likeness (QED) is 0.708. The molecule has 1 aromatic heterocycles. The van der Waals surface area contributed by atoms with Crippen LogP contribution in [-0.4, -0.2) is 23.7 Å². The van der Waals surface area contributed by atoms with Crippen molar-refractivity contribution in [1.82, 2.24) is 9.97 Å². The van der Waals surface area contributed by atoms with Gasteiger partial charge in [0.15, 0.2) is 11.5 Å². The molecule has 0 fully saturated rings. The third kappa shape index (κ3) is 3.51. The van der Waals surface area contributed by atoms with E-state index in [9.17, 15) is 0 Å². The molecule has 0 atom stereocenters. The van der Waals surface area contributed by atoms with Gasteiger partial charge in [0.25, 0.3) is 0 Å². The number of rotatable bonds is 6.